The molecule has 2 rings (SSSR count). The molecule has 0 fully saturated rings. The van der Waals surface area contributed by atoms with E-state index in [1.54, 1.807) is 19.1 Å². The van der Waals surface area contributed by atoms with Crippen LogP contribution in [-0.4, -0.2) is 19.7 Å². The Morgan fingerprint density at radius 1 is 1.09 bits per heavy atom. The molecule has 2 aromatic rings. The molecule has 0 heterocycles. The zero-order chi connectivity index (χ0) is 17.0. The van der Waals surface area contributed by atoms with Crippen molar-refractivity contribution in [2.45, 2.75) is 13.1 Å². The molecular formula is C17H15F3O3. The monoisotopic (exact) mass is 324 g/mol. The lowest BCUT2D eigenvalue weighted by Crippen LogP contribution is -2.07. The molecule has 3 nitrogen and oxygen atoms in total. The fraction of sp³-hybridized carbons (Fsp3) is 0.235. The third kappa shape index (κ3) is 3.83. The van der Waals surface area contributed by atoms with Gasteiger partial charge in [-0.15, -0.1) is 0 Å². The van der Waals surface area contributed by atoms with Crippen LogP contribution in [0.3, 0.4) is 0 Å². The van der Waals surface area contributed by atoms with Gasteiger partial charge in [0.25, 0.3) is 0 Å². The van der Waals surface area contributed by atoms with Crippen molar-refractivity contribution in [1.29, 1.82) is 0 Å². The molecule has 0 unspecified atom stereocenters. The molecule has 0 aliphatic carbocycles. The van der Waals surface area contributed by atoms with Crippen molar-refractivity contribution in [3.05, 3.63) is 53.6 Å². The van der Waals surface area contributed by atoms with Crippen molar-refractivity contribution in [2.75, 3.05) is 13.7 Å². The summed E-state index contributed by atoms with van der Waals surface area (Å²) in [6.45, 7) is 1.89. The normalized spacial score (nSPS) is 11.2. The van der Waals surface area contributed by atoms with Crippen LogP contribution in [0.4, 0.5) is 13.2 Å². The number of carbonyl (C=O) groups is 1. The summed E-state index contributed by atoms with van der Waals surface area (Å²) >= 11 is 0. The highest BCUT2D eigenvalue weighted by molar-refractivity contribution is 5.97. The summed E-state index contributed by atoms with van der Waals surface area (Å²) in [6.07, 6.45) is -4.41. The first kappa shape index (κ1) is 16.9. The number of ether oxygens (including phenoxy) is 2. The third-order valence-electron chi connectivity index (χ3n) is 3.25. The molecular weight excluding hydrogens is 309 g/mol. The molecule has 0 bridgehead atoms. The van der Waals surface area contributed by atoms with Crippen molar-refractivity contribution in [3.8, 4) is 16.9 Å². The lowest BCUT2D eigenvalue weighted by atomic mass is 9.98. The second kappa shape index (κ2) is 6.73. The van der Waals surface area contributed by atoms with E-state index in [-0.39, 0.29) is 12.2 Å². The van der Waals surface area contributed by atoms with Crippen LogP contribution in [0.5, 0.6) is 5.75 Å². The van der Waals surface area contributed by atoms with E-state index in [2.05, 4.69) is 0 Å². The third-order valence-corrected chi connectivity index (χ3v) is 3.25. The molecule has 23 heavy (non-hydrogen) atoms. The van der Waals surface area contributed by atoms with Gasteiger partial charge in [0.15, 0.2) is 0 Å². The highest BCUT2D eigenvalue weighted by atomic mass is 19.4. The zero-order valence-electron chi connectivity index (χ0n) is 12.6. The number of rotatable bonds is 4. The highest BCUT2D eigenvalue weighted by Gasteiger charge is 2.30. The Bertz CT molecular complexity index is 691. The van der Waals surface area contributed by atoms with Gasteiger partial charge in [-0.3, -0.25) is 0 Å². The molecule has 0 N–H and O–H groups in total. The minimum Gasteiger partial charge on any atom is -0.497 e. The maximum absolute atomic E-state index is 12.7. The van der Waals surface area contributed by atoms with Crippen molar-refractivity contribution >= 4 is 5.97 Å². The summed E-state index contributed by atoms with van der Waals surface area (Å²) in [5.74, 6) is -0.0435. The van der Waals surface area contributed by atoms with Gasteiger partial charge in [0.2, 0.25) is 0 Å². The topological polar surface area (TPSA) is 35.5 Å². The van der Waals surface area contributed by atoms with Crippen molar-refractivity contribution in [1.82, 2.24) is 0 Å². The fourth-order valence-corrected chi connectivity index (χ4v) is 2.11. The van der Waals surface area contributed by atoms with Gasteiger partial charge in [-0.05, 0) is 48.4 Å². The van der Waals surface area contributed by atoms with Crippen LogP contribution in [-0.2, 0) is 10.9 Å². The number of methoxy groups -OCH3 is 1. The van der Waals surface area contributed by atoms with Crippen LogP contribution < -0.4 is 4.74 Å². The van der Waals surface area contributed by atoms with Crippen molar-refractivity contribution in [3.63, 3.8) is 0 Å². The van der Waals surface area contributed by atoms with Crippen LogP contribution >= 0.6 is 0 Å². The van der Waals surface area contributed by atoms with Crippen LogP contribution in [0.15, 0.2) is 42.5 Å². The van der Waals surface area contributed by atoms with E-state index in [1.165, 1.54) is 25.3 Å². The van der Waals surface area contributed by atoms with Gasteiger partial charge in [-0.2, -0.15) is 13.2 Å². The lowest BCUT2D eigenvalue weighted by Gasteiger charge is -2.12. The second-order valence-electron chi connectivity index (χ2n) is 4.71. The molecule has 0 saturated carbocycles. The van der Waals surface area contributed by atoms with Crippen LogP contribution in [0.2, 0.25) is 0 Å². The average molecular weight is 324 g/mol. The first-order valence-electron chi connectivity index (χ1n) is 6.89. The Labute approximate surface area is 131 Å². The molecule has 0 aliphatic rings. The van der Waals surface area contributed by atoms with E-state index < -0.39 is 17.7 Å². The first-order valence-corrected chi connectivity index (χ1v) is 6.89. The Morgan fingerprint density at radius 2 is 1.74 bits per heavy atom. The van der Waals surface area contributed by atoms with E-state index in [1.807, 2.05) is 0 Å². The van der Waals surface area contributed by atoms with Gasteiger partial charge in [0.1, 0.15) is 5.75 Å². The molecule has 2 aromatic carbocycles. The SMILES string of the molecule is CCOC(=O)c1ccc(OC)cc1-c1ccc(C(F)(F)F)cc1. The van der Waals surface area contributed by atoms with Crippen LogP contribution in [0.25, 0.3) is 11.1 Å². The molecule has 0 spiro atoms. The van der Waals surface area contributed by atoms with E-state index in [4.69, 9.17) is 9.47 Å². The van der Waals surface area contributed by atoms with Gasteiger partial charge < -0.3 is 9.47 Å². The summed E-state index contributed by atoms with van der Waals surface area (Å²) in [6, 6.07) is 9.31. The molecule has 0 atom stereocenters. The largest absolute Gasteiger partial charge is 0.497 e. The van der Waals surface area contributed by atoms with Gasteiger partial charge in [-0.25, -0.2) is 4.79 Å². The minimum atomic E-state index is -4.41. The predicted molar refractivity (Wildman–Crippen MR) is 79.4 cm³/mol. The van der Waals surface area contributed by atoms with Gasteiger partial charge in [0, 0.05) is 0 Å². The minimum absolute atomic E-state index is 0.206. The van der Waals surface area contributed by atoms with E-state index in [0.29, 0.717) is 16.9 Å². The Kier molecular flexibility index (Phi) is 4.93. The van der Waals surface area contributed by atoms with Crippen LogP contribution in [0, 0.1) is 0 Å². The molecule has 0 radical (unpaired) electrons. The lowest BCUT2D eigenvalue weighted by molar-refractivity contribution is -0.137. The standard InChI is InChI=1S/C17H15F3O3/c1-3-23-16(21)14-9-8-13(22-2)10-15(14)11-4-6-12(7-5-11)17(18,19)20/h4-10H,3H2,1-2H3. The molecule has 122 valence electrons. The predicted octanol–water partition coefficient (Wildman–Crippen LogP) is 4.56. The van der Waals surface area contributed by atoms with Gasteiger partial charge in [0.05, 0.1) is 24.8 Å². The Balaban J connectivity index is 2.49. The number of hydrogen-bond acceptors (Lipinski definition) is 3. The van der Waals surface area contributed by atoms with Gasteiger partial charge in [-0.1, -0.05) is 12.1 Å². The number of alkyl halides is 3. The summed E-state index contributed by atoms with van der Waals surface area (Å²) in [7, 11) is 1.47. The summed E-state index contributed by atoms with van der Waals surface area (Å²) in [5, 5.41) is 0. The molecule has 0 saturated heterocycles. The Morgan fingerprint density at radius 3 is 2.26 bits per heavy atom. The van der Waals surface area contributed by atoms with E-state index in [9.17, 15) is 18.0 Å². The van der Waals surface area contributed by atoms with Crippen molar-refractivity contribution in [2.24, 2.45) is 0 Å². The maximum atomic E-state index is 12.7. The van der Waals surface area contributed by atoms with Gasteiger partial charge >= 0.3 is 12.1 Å². The smallest absolute Gasteiger partial charge is 0.416 e. The quantitative estimate of drug-likeness (QED) is 0.774. The summed E-state index contributed by atoms with van der Waals surface area (Å²) in [4.78, 5) is 12.0. The number of benzene rings is 2. The second-order valence-corrected chi connectivity index (χ2v) is 4.71. The van der Waals surface area contributed by atoms with Crippen LogP contribution in [0.1, 0.15) is 22.8 Å². The number of hydrogen-bond donors (Lipinski definition) is 0. The fourth-order valence-electron chi connectivity index (χ4n) is 2.11. The molecule has 0 amide bonds. The number of halogens is 3. The molecule has 0 aliphatic heterocycles. The zero-order valence-corrected chi connectivity index (χ0v) is 12.6. The Hall–Kier alpha value is -2.50. The number of esters is 1. The average Bonchev–Trinajstić information content (AvgIpc) is 2.54. The molecule has 0 aromatic heterocycles. The van der Waals surface area contributed by atoms with E-state index in [0.717, 1.165) is 12.1 Å². The summed E-state index contributed by atoms with van der Waals surface area (Å²) in [5.41, 5.74) is 0.450. The van der Waals surface area contributed by atoms with Crippen molar-refractivity contribution < 1.29 is 27.4 Å². The maximum Gasteiger partial charge on any atom is 0.416 e. The summed E-state index contributed by atoms with van der Waals surface area (Å²) < 4.78 is 48.1. The molecule has 6 heteroatoms. The highest BCUT2D eigenvalue weighted by Crippen LogP contribution is 2.33. The van der Waals surface area contributed by atoms with E-state index >= 15 is 0 Å². The number of carbonyl (C=O) groups excluding carboxylic acids is 1. The first-order chi connectivity index (χ1) is 10.9.